The Bertz CT molecular complexity index is 286. The lowest BCUT2D eigenvalue weighted by atomic mass is 10.2. The Morgan fingerprint density at radius 2 is 2.42 bits per heavy atom. The maximum Gasteiger partial charge on any atom is 0.253 e. The van der Waals surface area contributed by atoms with Crippen molar-refractivity contribution in [1.29, 1.82) is 0 Å². The number of rotatable bonds is 2. The molecule has 4 N–H and O–H groups in total. The standard InChI is InChI=1S/C7H10N4O/c1-9-7(12)5-2-3-10-4-6(5)11-8/h2-4,11H,8H2,1H3,(H,9,12). The Hall–Kier alpha value is -1.62. The van der Waals surface area contributed by atoms with Crippen LogP contribution < -0.4 is 16.6 Å². The molecule has 0 aliphatic rings. The van der Waals surface area contributed by atoms with Gasteiger partial charge in [0, 0.05) is 13.2 Å². The molecule has 0 bridgehead atoms. The van der Waals surface area contributed by atoms with Crippen LogP contribution in [-0.4, -0.2) is 17.9 Å². The van der Waals surface area contributed by atoms with Crippen LogP contribution in [0.4, 0.5) is 5.69 Å². The number of carbonyl (C=O) groups excluding carboxylic acids is 1. The molecule has 64 valence electrons. The summed E-state index contributed by atoms with van der Waals surface area (Å²) >= 11 is 0. The zero-order valence-electron chi connectivity index (χ0n) is 6.66. The van der Waals surface area contributed by atoms with Gasteiger partial charge in [-0.1, -0.05) is 0 Å². The fourth-order valence-electron chi connectivity index (χ4n) is 0.842. The summed E-state index contributed by atoms with van der Waals surface area (Å²) in [4.78, 5) is 15.0. The van der Waals surface area contributed by atoms with Gasteiger partial charge in [0.15, 0.2) is 0 Å². The van der Waals surface area contributed by atoms with E-state index in [-0.39, 0.29) is 5.91 Å². The smallest absolute Gasteiger partial charge is 0.253 e. The first kappa shape index (κ1) is 8.48. The number of hydrazine groups is 1. The van der Waals surface area contributed by atoms with Crippen molar-refractivity contribution in [3.63, 3.8) is 0 Å². The molecule has 12 heavy (non-hydrogen) atoms. The zero-order chi connectivity index (χ0) is 8.97. The SMILES string of the molecule is CNC(=O)c1ccncc1NN. The lowest BCUT2D eigenvalue weighted by Gasteiger charge is -2.05. The number of nitrogens with zero attached hydrogens (tertiary/aromatic N) is 1. The molecule has 1 amide bonds. The van der Waals surface area contributed by atoms with E-state index in [0.717, 1.165) is 0 Å². The van der Waals surface area contributed by atoms with E-state index in [9.17, 15) is 4.79 Å². The van der Waals surface area contributed by atoms with Gasteiger partial charge in [0.05, 0.1) is 17.4 Å². The van der Waals surface area contributed by atoms with E-state index in [1.165, 1.54) is 12.4 Å². The number of anilines is 1. The van der Waals surface area contributed by atoms with Gasteiger partial charge < -0.3 is 10.7 Å². The molecular formula is C7H10N4O. The normalized spacial score (nSPS) is 9.17. The molecule has 1 heterocycles. The third-order valence-corrected chi connectivity index (χ3v) is 1.45. The minimum absolute atomic E-state index is 0.189. The van der Waals surface area contributed by atoms with E-state index in [1.54, 1.807) is 13.1 Å². The van der Waals surface area contributed by atoms with E-state index in [4.69, 9.17) is 5.84 Å². The molecule has 5 nitrogen and oxygen atoms in total. The molecule has 1 aromatic rings. The fraction of sp³-hybridized carbons (Fsp3) is 0.143. The van der Waals surface area contributed by atoms with Crippen molar-refractivity contribution in [1.82, 2.24) is 10.3 Å². The van der Waals surface area contributed by atoms with Crippen LogP contribution in [0.1, 0.15) is 10.4 Å². The molecule has 0 spiro atoms. The Balaban J connectivity index is 3.04. The van der Waals surface area contributed by atoms with Crippen molar-refractivity contribution in [2.24, 2.45) is 5.84 Å². The number of hydrogen-bond acceptors (Lipinski definition) is 4. The highest BCUT2D eigenvalue weighted by molar-refractivity contribution is 5.99. The second-order valence-electron chi connectivity index (χ2n) is 2.14. The van der Waals surface area contributed by atoms with Gasteiger partial charge >= 0.3 is 0 Å². The Labute approximate surface area is 70.0 Å². The molecule has 0 saturated carbocycles. The van der Waals surface area contributed by atoms with Crippen LogP contribution in [0.15, 0.2) is 18.5 Å². The largest absolute Gasteiger partial charge is 0.355 e. The van der Waals surface area contributed by atoms with E-state index in [2.05, 4.69) is 15.7 Å². The second-order valence-corrected chi connectivity index (χ2v) is 2.14. The maximum atomic E-state index is 11.2. The summed E-state index contributed by atoms with van der Waals surface area (Å²) in [5.41, 5.74) is 3.38. The third-order valence-electron chi connectivity index (χ3n) is 1.45. The molecule has 5 heteroatoms. The Morgan fingerprint density at radius 3 is 3.00 bits per heavy atom. The minimum Gasteiger partial charge on any atom is -0.355 e. The number of pyridine rings is 1. The minimum atomic E-state index is -0.189. The monoisotopic (exact) mass is 166 g/mol. The van der Waals surface area contributed by atoms with Crippen LogP contribution in [0, 0.1) is 0 Å². The number of carbonyl (C=O) groups is 1. The lowest BCUT2D eigenvalue weighted by Crippen LogP contribution is -2.21. The van der Waals surface area contributed by atoms with Gasteiger partial charge in [0.2, 0.25) is 0 Å². The van der Waals surface area contributed by atoms with Gasteiger partial charge in [-0.15, -0.1) is 0 Å². The van der Waals surface area contributed by atoms with Crippen molar-refractivity contribution < 1.29 is 4.79 Å². The van der Waals surface area contributed by atoms with Crippen LogP contribution in [0.25, 0.3) is 0 Å². The van der Waals surface area contributed by atoms with Gasteiger partial charge in [-0.3, -0.25) is 15.6 Å². The van der Waals surface area contributed by atoms with Crippen LogP contribution in [0.3, 0.4) is 0 Å². The van der Waals surface area contributed by atoms with Gasteiger partial charge in [-0.2, -0.15) is 0 Å². The van der Waals surface area contributed by atoms with Crippen LogP contribution in [0.2, 0.25) is 0 Å². The molecule has 0 saturated heterocycles. The zero-order valence-corrected chi connectivity index (χ0v) is 6.66. The fourth-order valence-corrected chi connectivity index (χ4v) is 0.842. The highest BCUT2D eigenvalue weighted by Gasteiger charge is 2.07. The quantitative estimate of drug-likeness (QED) is 0.417. The van der Waals surface area contributed by atoms with Crippen molar-refractivity contribution >= 4 is 11.6 Å². The molecule has 0 aromatic carbocycles. The molecule has 0 radical (unpaired) electrons. The van der Waals surface area contributed by atoms with Gasteiger partial charge in [0.1, 0.15) is 0 Å². The van der Waals surface area contributed by atoms with Crippen LogP contribution >= 0.6 is 0 Å². The Morgan fingerprint density at radius 1 is 1.67 bits per heavy atom. The number of nitrogens with two attached hydrogens (primary N) is 1. The average Bonchev–Trinajstić information content (AvgIpc) is 2.16. The number of hydrogen-bond donors (Lipinski definition) is 3. The first-order valence-electron chi connectivity index (χ1n) is 3.42. The summed E-state index contributed by atoms with van der Waals surface area (Å²) < 4.78 is 0. The molecule has 0 aliphatic carbocycles. The van der Waals surface area contributed by atoms with Gasteiger partial charge in [-0.25, -0.2) is 0 Å². The third kappa shape index (κ3) is 1.51. The second kappa shape index (κ2) is 3.68. The van der Waals surface area contributed by atoms with Crippen molar-refractivity contribution in [3.05, 3.63) is 24.0 Å². The van der Waals surface area contributed by atoms with E-state index in [1.807, 2.05) is 0 Å². The summed E-state index contributed by atoms with van der Waals surface area (Å²) in [6.07, 6.45) is 3.02. The Kier molecular flexibility index (Phi) is 2.60. The lowest BCUT2D eigenvalue weighted by molar-refractivity contribution is 0.0964. The summed E-state index contributed by atoms with van der Waals surface area (Å²) in [6, 6.07) is 1.59. The van der Waals surface area contributed by atoms with E-state index < -0.39 is 0 Å². The first-order chi connectivity index (χ1) is 5.79. The molecule has 0 fully saturated rings. The molecule has 0 aliphatic heterocycles. The highest BCUT2D eigenvalue weighted by Crippen LogP contribution is 2.10. The number of nitrogen functional groups attached to an aromatic ring is 1. The first-order valence-corrected chi connectivity index (χ1v) is 3.42. The van der Waals surface area contributed by atoms with Crippen LogP contribution in [0.5, 0.6) is 0 Å². The summed E-state index contributed by atoms with van der Waals surface area (Å²) in [7, 11) is 1.56. The molecular weight excluding hydrogens is 156 g/mol. The van der Waals surface area contributed by atoms with Gasteiger partial charge in [0.25, 0.3) is 5.91 Å². The molecule has 0 unspecified atom stereocenters. The number of amides is 1. The summed E-state index contributed by atoms with van der Waals surface area (Å²) in [6.45, 7) is 0. The van der Waals surface area contributed by atoms with Crippen molar-refractivity contribution in [2.45, 2.75) is 0 Å². The topological polar surface area (TPSA) is 80.0 Å². The van der Waals surface area contributed by atoms with Crippen molar-refractivity contribution in [2.75, 3.05) is 12.5 Å². The average molecular weight is 166 g/mol. The maximum absolute atomic E-state index is 11.2. The predicted molar refractivity (Wildman–Crippen MR) is 45.4 cm³/mol. The highest BCUT2D eigenvalue weighted by atomic mass is 16.1. The summed E-state index contributed by atoms with van der Waals surface area (Å²) in [5.74, 6) is 4.98. The van der Waals surface area contributed by atoms with Crippen molar-refractivity contribution in [3.8, 4) is 0 Å². The van der Waals surface area contributed by atoms with Crippen LogP contribution in [-0.2, 0) is 0 Å². The van der Waals surface area contributed by atoms with E-state index in [0.29, 0.717) is 11.3 Å². The summed E-state index contributed by atoms with van der Waals surface area (Å²) in [5, 5.41) is 2.49. The van der Waals surface area contributed by atoms with Gasteiger partial charge in [-0.05, 0) is 6.07 Å². The number of aromatic nitrogens is 1. The molecule has 0 atom stereocenters. The predicted octanol–water partition coefficient (Wildman–Crippen LogP) is -0.273. The van der Waals surface area contributed by atoms with E-state index >= 15 is 0 Å². The molecule has 1 aromatic heterocycles. The molecule has 1 rings (SSSR count). The number of nitrogens with one attached hydrogen (secondary N) is 2.